The van der Waals surface area contributed by atoms with Gasteiger partial charge in [-0.3, -0.25) is 0 Å². The predicted molar refractivity (Wildman–Crippen MR) is 51.8 cm³/mol. The van der Waals surface area contributed by atoms with Crippen LogP contribution in [0.15, 0.2) is 0 Å². The Bertz CT molecular complexity index is 165. The van der Waals surface area contributed by atoms with E-state index in [4.69, 9.17) is 10.2 Å². The van der Waals surface area contributed by atoms with Gasteiger partial charge in [-0.25, -0.2) is 0 Å². The lowest BCUT2D eigenvalue weighted by Crippen LogP contribution is -2.59. The van der Waals surface area contributed by atoms with Gasteiger partial charge in [0.15, 0.2) is 0 Å². The molecule has 1 aliphatic rings. The Kier molecular flexibility index (Phi) is 3.89. The first kappa shape index (κ1) is 11.9. The average Bonchev–Trinajstić information content (AvgIpc) is 2.20. The molecule has 0 radical (unpaired) electrons. The van der Waals surface area contributed by atoms with Crippen molar-refractivity contribution in [3.8, 4) is 0 Å². The molecule has 1 aliphatic carbocycles. The number of hydrogen-bond acceptors (Lipinski definition) is 4. The molecule has 1 rings (SSSR count). The molecule has 0 aromatic heterocycles. The van der Waals surface area contributed by atoms with Crippen LogP contribution in [0.1, 0.15) is 38.5 Å². The van der Waals surface area contributed by atoms with Crippen LogP contribution in [0.2, 0.25) is 0 Å². The number of rotatable bonds is 2. The van der Waals surface area contributed by atoms with Gasteiger partial charge < -0.3 is 20.4 Å². The summed E-state index contributed by atoms with van der Waals surface area (Å²) in [5.41, 5.74) is -3.08. The molecule has 0 aromatic carbocycles. The fourth-order valence-corrected chi connectivity index (χ4v) is 2.11. The third kappa shape index (κ3) is 2.08. The molecule has 1 saturated carbocycles. The van der Waals surface area contributed by atoms with Gasteiger partial charge in [-0.1, -0.05) is 25.7 Å². The van der Waals surface area contributed by atoms with Gasteiger partial charge in [0.05, 0.1) is 13.2 Å². The molecular formula is C10H20O4. The summed E-state index contributed by atoms with van der Waals surface area (Å²) < 4.78 is 0. The van der Waals surface area contributed by atoms with Gasteiger partial charge in [0, 0.05) is 0 Å². The Labute approximate surface area is 84.2 Å². The largest absolute Gasteiger partial charge is 0.393 e. The zero-order valence-electron chi connectivity index (χ0n) is 8.45. The van der Waals surface area contributed by atoms with E-state index in [1.54, 1.807) is 0 Å². The molecule has 2 unspecified atom stereocenters. The van der Waals surface area contributed by atoms with Crippen molar-refractivity contribution in [2.45, 2.75) is 49.7 Å². The van der Waals surface area contributed by atoms with E-state index in [1.165, 1.54) is 0 Å². The molecule has 0 heterocycles. The van der Waals surface area contributed by atoms with Crippen LogP contribution in [-0.2, 0) is 0 Å². The van der Waals surface area contributed by atoms with Gasteiger partial charge in [-0.2, -0.15) is 0 Å². The van der Waals surface area contributed by atoms with Crippen LogP contribution >= 0.6 is 0 Å². The minimum atomic E-state index is -1.54. The van der Waals surface area contributed by atoms with E-state index in [0.717, 1.165) is 25.7 Å². The van der Waals surface area contributed by atoms with Crippen LogP contribution in [0.4, 0.5) is 0 Å². The minimum absolute atomic E-state index is 0.348. The van der Waals surface area contributed by atoms with Gasteiger partial charge >= 0.3 is 0 Å². The minimum Gasteiger partial charge on any atom is -0.393 e. The monoisotopic (exact) mass is 204 g/mol. The zero-order chi connectivity index (χ0) is 10.7. The normalized spacial score (nSPS) is 40.3. The molecule has 0 amide bonds. The van der Waals surface area contributed by atoms with Gasteiger partial charge in [0.1, 0.15) is 11.2 Å². The standard InChI is InChI=1S/C10H20O4/c11-7-9(13)5-3-1-2-4-6-10(9,14)8-12/h11-14H,1-8H2. The molecule has 0 aromatic rings. The second-order valence-electron chi connectivity index (χ2n) is 4.29. The summed E-state index contributed by atoms with van der Waals surface area (Å²) in [6.07, 6.45) is 4.26. The lowest BCUT2D eigenvalue weighted by atomic mass is 9.75. The summed E-state index contributed by atoms with van der Waals surface area (Å²) in [6, 6.07) is 0. The Morgan fingerprint density at radius 3 is 1.36 bits per heavy atom. The SMILES string of the molecule is OCC1(O)CCCCCCC1(O)CO. The number of aliphatic hydroxyl groups is 4. The fraction of sp³-hybridized carbons (Fsp3) is 1.00. The Morgan fingerprint density at radius 1 is 0.714 bits per heavy atom. The van der Waals surface area contributed by atoms with Crippen molar-refractivity contribution in [3.05, 3.63) is 0 Å². The Morgan fingerprint density at radius 2 is 1.07 bits per heavy atom. The van der Waals surface area contributed by atoms with Crippen LogP contribution in [0.25, 0.3) is 0 Å². The highest BCUT2D eigenvalue weighted by Gasteiger charge is 2.48. The van der Waals surface area contributed by atoms with Crippen molar-refractivity contribution in [1.82, 2.24) is 0 Å². The van der Waals surface area contributed by atoms with E-state index in [1.807, 2.05) is 0 Å². The fourth-order valence-electron chi connectivity index (χ4n) is 2.11. The van der Waals surface area contributed by atoms with E-state index in [0.29, 0.717) is 12.8 Å². The molecule has 0 saturated heterocycles. The average molecular weight is 204 g/mol. The molecule has 4 nitrogen and oxygen atoms in total. The Balaban J connectivity index is 2.81. The molecule has 4 heteroatoms. The topological polar surface area (TPSA) is 80.9 Å². The first-order chi connectivity index (χ1) is 6.58. The summed E-state index contributed by atoms with van der Waals surface area (Å²) in [4.78, 5) is 0. The highest BCUT2D eigenvalue weighted by Crippen LogP contribution is 2.34. The van der Waals surface area contributed by atoms with Crippen molar-refractivity contribution >= 4 is 0 Å². The summed E-state index contributed by atoms with van der Waals surface area (Å²) >= 11 is 0. The van der Waals surface area contributed by atoms with E-state index >= 15 is 0 Å². The van der Waals surface area contributed by atoms with Crippen LogP contribution in [-0.4, -0.2) is 44.8 Å². The van der Waals surface area contributed by atoms with E-state index in [9.17, 15) is 10.2 Å². The van der Waals surface area contributed by atoms with Crippen molar-refractivity contribution in [3.63, 3.8) is 0 Å². The smallest absolute Gasteiger partial charge is 0.118 e. The van der Waals surface area contributed by atoms with Crippen molar-refractivity contribution in [2.24, 2.45) is 0 Å². The summed E-state index contributed by atoms with van der Waals surface area (Å²) in [7, 11) is 0. The molecule has 0 bridgehead atoms. The third-order valence-electron chi connectivity index (χ3n) is 3.32. The van der Waals surface area contributed by atoms with Crippen LogP contribution in [0.3, 0.4) is 0 Å². The maximum Gasteiger partial charge on any atom is 0.118 e. The van der Waals surface area contributed by atoms with Crippen LogP contribution in [0, 0.1) is 0 Å². The maximum absolute atomic E-state index is 10.0. The molecule has 0 aliphatic heterocycles. The van der Waals surface area contributed by atoms with Crippen molar-refractivity contribution in [1.29, 1.82) is 0 Å². The second-order valence-corrected chi connectivity index (χ2v) is 4.29. The molecule has 14 heavy (non-hydrogen) atoms. The van der Waals surface area contributed by atoms with Gasteiger partial charge in [0.25, 0.3) is 0 Å². The van der Waals surface area contributed by atoms with Crippen LogP contribution in [0.5, 0.6) is 0 Å². The third-order valence-corrected chi connectivity index (χ3v) is 3.32. The molecule has 2 atom stereocenters. The van der Waals surface area contributed by atoms with Crippen LogP contribution < -0.4 is 0 Å². The summed E-state index contributed by atoms with van der Waals surface area (Å²) in [5.74, 6) is 0. The zero-order valence-corrected chi connectivity index (χ0v) is 8.45. The quantitative estimate of drug-likeness (QED) is 0.501. The van der Waals surface area contributed by atoms with Gasteiger partial charge in [0.2, 0.25) is 0 Å². The van der Waals surface area contributed by atoms with Gasteiger partial charge in [-0.15, -0.1) is 0 Å². The van der Waals surface area contributed by atoms with Crippen molar-refractivity contribution < 1.29 is 20.4 Å². The first-order valence-corrected chi connectivity index (χ1v) is 5.24. The van der Waals surface area contributed by atoms with E-state index in [2.05, 4.69) is 0 Å². The second kappa shape index (κ2) is 4.57. The summed E-state index contributed by atoms with van der Waals surface area (Å²) in [5, 5.41) is 38.3. The highest BCUT2D eigenvalue weighted by atomic mass is 16.4. The van der Waals surface area contributed by atoms with Crippen molar-refractivity contribution in [2.75, 3.05) is 13.2 Å². The highest BCUT2D eigenvalue weighted by molar-refractivity contribution is 5.00. The Hall–Kier alpha value is -0.160. The maximum atomic E-state index is 10.0. The first-order valence-electron chi connectivity index (χ1n) is 5.24. The lowest BCUT2D eigenvalue weighted by Gasteiger charge is -2.42. The number of aliphatic hydroxyl groups excluding tert-OH is 2. The lowest BCUT2D eigenvalue weighted by molar-refractivity contribution is -0.199. The van der Waals surface area contributed by atoms with E-state index < -0.39 is 24.4 Å². The molecule has 0 spiro atoms. The molecule has 4 N–H and O–H groups in total. The number of hydrogen-bond donors (Lipinski definition) is 4. The van der Waals surface area contributed by atoms with Gasteiger partial charge in [-0.05, 0) is 12.8 Å². The molecule has 1 fully saturated rings. The molecule has 84 valence electrons. The molecular weight excluding hydrogens is 184 g/mol. The predicted octanol–water partition coefficient (Wildman–Crippen LogP) is -0.213. The van der Waals surface area contributed by atoms with E-state index in [-0.39, 0.29) is 0 Å². The summed E-state index contributed by atoms with van der Waals surface area (Å²) in [6.45, 7) is -0.992.